The van der Waals surface area contributed by atoms with Crippen LogP contribution < -0.4 is 16.2 Å². The third-order valence-corrected chi connectivity index (χ3v) is 5.31. The van der Waals surface area contributed by atoms with E-state index in [9.17, 15) is 13.2 Å². The summed E-state index contributed by atoms with van der Waals surface area (Å²) in [7, 11) is -2.11. The van der Waals surface area contributed by atoms with Gasteiger partial charge in [0.15, 0.2) is 5.58 Å². The predicted molar refractivity (Wildman–Crippen MR) is 77.3 cm³/mol. The van der Waals surface area contributed by atoms with Crippen molar-refractivity contribution in [1.82, 2.24) is 9.29 Å². The summed E-state index contributed by atoms with van der Waals surface area (Å²) in [6.07, 6.45) is 1.99. The van der Waals surface area contributed by atoms with Gasteiger partial charge in [-0.2, -0.15) is 0 Å². The minimum Gasteiger partial charge on any atom is -0.408 e. The van der Waals surface area contributed by atoms with E-state index in [1.165, 1.54) is 16.7 Å². The van der Waals surface area contributed by atoms with E-state index in [1.807, 2.05) is 0 Å². The van der Waals surface area contributed by atoms with Gasteiger partial charge < -0.3 is 10.2 Å². The molecule has 1 atom stereocenters. The van der Waals surface area contributed by atoms with Crippen molar-refractivity contribution in [3.63, 3.8) is 0 Å². The zero-order chi connectivity index (χ0) is 15.2. The number of hydrogen-bond acceptors (Lipinski definition) is 5. The largest absolute Gasteiger partial charge is 0.419 e. The van der Waals surface area contributed by atoms with E-state index in [0.29, 0.717) is 11.4 Å². The number of oxazole rings is 1. The van der Waals surface area contributed by atoms with Gasteiger partial charge in [-0.1, -0.05) is 0 Å². The number of fused-ring (bicyclic) bond motifs is 1. The van der Waals surface area contributed by atoms with Crippen LogP contribution in [0.25, 0.3) is 11.1 Å². The molecule has 1 saturated carbocycles. The smallest absolute Gasteiger partial charge is 0.408 e. The summed E-state index contributed by atoms with van der Waals surface area (Å²) >= 11 is 0. The molecule has 1 unspecified atom stereocenters. The molecule has 2 aromatic rings. The Kier molecular flexibility index (Phi) is 3.39. The molecule has 1 heterocycles. The zero-order valence-electron chi connectivity index (χ0n) is 11.6. The van der Waals surface area contributed by atoms with Crippen LogP contribution >= 0.6 is 0 Å². The molecule has 0 spiro atoms. The van der Waals surface area contributed by atoms with Crippen molar-refractivity contribution in [2.24, 2.45) is 18.7 Å². The molecule has 7 nitrogen and oxygen atoms in total. The van der Waals surface area contributed by atoms with Gasteiger partial charge in [0.25, 0.3) is 0 Å². The minimum absolute atomic E-state index is 0.0726. The molecule has 0 aliphatic heterocycles. The molecule has 1 aromatic carbocycles. The summed E-state index contributed by atoms with van der Waals surface area (Å²) in [6, 6.07) is 4.14. The lowest BCUT2D eigenvalue weighted by atomic mass is 10.2. The van der Waals surface area contributed by atoms with Gasteiger partial charge in [-0.05, 0) is 30.9 Å². The molecular weight excluding hydrogens is 294 g/mol. The van der Waals surface area contributed by atoms with Crippen molar-refractivity contribution in [1.29, 1.82) is 0 Å². The number of nitrogens with two attached hydrogens (primary N) is 1. The standard InChI is InChI=1S/C13H17N3O4S/c1-16-11-5-4-9(6-12(11)20-13(16)17)21(18,19)15-10(7-14)8-2-3-8/h4-6,8,10,15H,2-3,7,14H2,1H3. The number of benzene rings is 1. The summed E-state index contributed by atoms with van der Waals surface area (Å²) in [5.41, 5.74) is 6.43. The van der Waals surface area contributed by atoms with Gasteiger partial charge in [-0.15, -0.1) is 0 Å². The fourth-order valence-corrected chi connectivity index (χ4v) is 3.72. The Morgan fingerprint density at radius 1 is 1.48 bits per heavy atom. The predicted octanol–water partition coefficient (Wildman–Crippen LogP) is 0.147. The van der Waals surface area contributed by atoms with Gasteiger partial charge in [0.05, 0.1) is 10.4 Å². The van der Waals surface area contributed by atoms with E-state index in [0.717, 1.165) is 12.8 Å². The third kappa shape index (κ3) is 2.61. The molecule has 3 rings (SSSR count). The molecule has 0 saturated heterocycles. The van der Waals surface area contributed by atoms with Crippen LogP contribution in [0.5, 0.6) is 0 Å². The van der Waals surface area contributed by atoms with Gasteiger partial charge >= 0.3 is 5.76 Å². The van der Waals surface area contributed by atoms with Gasteiger partial charge in [0, 0.05) is 25.7 Å². The van der Waals surface area contributed by atoms with Crippen molar-refractivity contribution in [3.05, 3.63) is 28.7 Å². The van der Waals surface area contributed by atoms with Crippen LogP contribution in [0, 0.1) is 5.92 Å². The Labute approximate surface area is 121 Å². The quantitative estimate of drug-likeness (QED) is 0.817. The highest BCUT2D eigenvalue weighted by molar-refractivity contribution is 7.89. The fraction of sp³-hybridized carbons (Fsp3) is 0.462. The van der Waals surface area contributed by atoms with Crippen LogP contribution in [0.1, 0.15) is 12.8 Å². The van der Waals surface area contributed by atoms with Crippen LogP contribution in [0.15, 0.2) is 32.3 Å². The monoisotopic (exact) mass is 311 g/mol. The SMILES string of the molecule is Cn1c(=O)oc2cc(S(=O)(=O)NC(CN)C3CC3)ccc21. The minimum atomic E-state index is -3.67. The summed E-state index contributed by atoms with van der Waals surface area (Å²) in [5, 5.41) is 0. The highest BCUT2D eigenvalue weighted by Crippen LogP contribution is 2.33. The van der Waals surface area contributed by atoms with Crippen LogP contribution in [0.4, 0.5) is 0 Å². The highest BCUT2D eigenvalue weighted by Gasteiger charge is 2.33. The molecule has 21 heavy (non-hydrogen) atoms. The van der Waals surface area contributed by atoms with Crippen molar-refractivity contribution >= 4 is 21.1 Å². The molecular formula is C13H17N3O4S. The first-order chi connectivity index (χ1) is 9.92. The van der Waals surface area contributed by atoms with Crippen molar-refractivity contribution in [2.45, 2.75) is 23.8 Å². The average Bonchev–Trinajstić information content (AvgIpc) is 3.24. The number of aromatic nitrogens is 1. The summed E-state index contributed by atoms with van der Waals surface area (Å²) < 4.78 is 33.7. The molecule has 8 heteroatoms. The second kappa shape index (κ2) is 4.97. The first-order valence-electron chi connectivity index (χ1n) is 6.74. The lowest BCUT2D eigenvalue weighted by Crippen LogP contribution is -2.41. The number of sulfonamides is 1. The molecule has 114 valence electrons. The summed E-state index contributed by atoms with van der Waals surface area (Å²) in [5.74, 6) is -0.200. The Bertz CT molecular complexity index is 833. The molecule has 1 aliphatic rings. The Morgan fingerprint density at radius 2 is 2.19 bits per heavy atom. The average molecular weight is 311 g/mol. The topological polar surface area (TPSA) is 107 Å². The maximum Gasteiger partial charge on any atom is 0.419 e. The molecule has 3 N–H and O–H groups in total. The second-order valence-corrected chi connectivity index (χ2v) is 7.07. The second-order valence-electron chi connectivity index (χ2n) is 5.36. The van der Waals surface area contributed by atoms with E-state index >= 15 is 0 Å². The van der Waals surface area contributed by atoms with Crippen LogP contribution in [-0.2, 0) is 17.1 Å². The molecule has 1 aromatic heterocycles. The Balaban J connectivity index is 1.96. The van der Waals surface area contributed by atoms with Crippen molar-refractivity contribution in [3.8, 4) is 0 Å². The molecule has 0 radical (unpaired) electrons. The number of nitrogens with one attached hydrogen (secondary N) is 1. The van der Waals surface area contributed by atoms with Crippen LogP contribution in [0.2, 0.25) is 0 Å². The van der Waals surface area contributed by atoms with Crippen LogP contribution in [-0.4, -0.2) is 25.6 Å². The van der Waals surface area contributed by atoms with Crippen molar-refractivity contribution < 1.29 is 12.8 Å². The van der Waals surface area contributed by atoms with Gasteiger partial charge in [0.2, 0.25) is 10.0 Å². The number of nitrogens with zero attached hydrogens (tertiary/aromatic N) is 1. The number of hydrogen-bond donors (Lipinski definition) is 2. The molecule has 0 bridgehead atoms. The first-order valence-corrected chi connectivity index (χ1v) is 8.22. The van der Waals surface area contributed by atoms with E-state index < -0.39 is 15.8 Å². The van der Waals surface area contributed by atoms with Gasteiger partial charge in [-0.25, -0.2) is 17.9 Å². The summed E-state index contributed by atoms with van der Waals surface area (Å²) in [4.78, 5) is 11.5. The molecule has 0 amide bonds. The van der Waals surface area contributed by atoms with Crippen molar-refractivity contribution in [2.75, 3.05) is 6.54 Å². The van der Waals surface area contributed by atoms with Gasteiger partial charge in [-0.3, -0.25) is 4.57 Å². The highest BCUT2D eigenvalue weighted by atomic mass is 32.2. The lowest BCUT2D eigenvalue weighted by Gasteiger charge is -2.16. The lowest BCUT2D eigenvalue weighted by molar-refractivity contribution is 0.517. The number of rotatable bonds is 5. The Morgan fingerprint density at radius 3 is 2.81 bits per heavy atom. The van der Waals surface area contributed by atoms with E-state index in [4.69, 9.17) is 10.2 Å². The number of aryl methyl sites for hydroxylation is 1. The Hall–Kier alpha value is -1.64. The van der Waals surface area contributed by atoms with E-state index in [-0.39, 0.29) is 23.1 Å². The van der Waals surface area contributed by atoms with Crippen LogP contribution in [0.3, 0.4) is 0 Å². The first kappa shape index (κ1) is 14.3. The maximum absolute atomic E-state index is 12.4. The van der Waals surface area contributed by atoms with E-state index in [2.05, 4.69) is 4.72 Å². The third-order valence-electron chi connectivity index (χ3n) is 3.83. The normalized spacial score (nSPS) is 17.2. The summed E-state index contributed by atoms with van der Waals surface area (Å²) in [6.45, 7) is 0.270. The zero-order valence-corrected chi connectivity index (χ0v) is 12.4. The molecule has 1 fully saturated rings. The maximum atomic E-state index is 12.4. The fourth-order valence-electron chi connectivity index (χ4n) is 2.38. The molecule has 1 aliphatic carbocycles. The van der Waals surface area contributed by atoms with Gasteiger partial charge in [0.1, 0.15) is 0 Å². The van der Waals surface area contributed by atoms with E-state index in [1.54, 1.807) is 13.1 Å².